The lowest BCUT2D eigenvalue weighted by Gasteiger charge is -2.29. The van der Waals surface area contributed by atoms with E-state index in [4.69, 9.17) is 0 Å². The van der Waals surface area contributed by atoms with Gasteiger partial charge in [-0.2, -0.15) is 18.2 Å². The fourth-order valence-corrected chi connectivity index (χ4v) is 3.82. The number of carbonyl (C=O) groups excluding carboxylic acids is 2. The molecular formula is C22H25F3N6O2. The molecule has 8 nitrogen and oxygen atoms in total. The van der Waals surface area contributed by atoms with Crippen LogP contribution in [0.5, 0.6) is 0 Å². The van der Waals surface area contributed by atoms with Gasteiger partial charge in [-0.1, -0.05) is 6.42 Å². The molecule has 0 atom stereocenters. The number of fused-ring (bicyclic) bond motifs is 1. The Morgan fingerprint density at radius 2 is 2.09 bits per heavy atom. The van der Waals surface area contributed by atoms with Crippen LogP contribution in [-0.2, 0) is 22.2 Å². The van der Waals surface area contributed by atoms with Gasteiger partial charge in [-0.25, -0.2) is 4.98 Å². The highest BCUT2D eigenvalue weighted by atomic mass is 19.4. The van der Waals surface area contributed by atoms with E-state index in [1.807, 2.05) is 0 Å². The molecule has 2 aliphatic rings. The number of amides is 2. The largest absolute Gasteiger partial charge is 0.421 e. The van der Waals surface area contributed by atoms with Crippen molar-refractivity contribution >= 4 is 35.0 Å². The molecule has 0 bridgehead atoms. The summed E-state index contributed by atoms with van der Waals surface area (Å²) in [5.74, 6) is -0.258. The summed E-state index contributed by atoms with van der Waals surface area (Å²) < 4.78 is 40.3. The van der Waals surface area contributed by atoms with Crippen LogP contribution in [0.25, 0.3) is 0 Å². The van der Waals surface area contributed by atoms with E-state index >= 15 is 0 Å². The van der Waals surface area contributed by atoms with Crippen molar-refractivity contribution in [3.63, 3.8) is 0 Å². The Morgan fingerprint density at radius 3 is 2.79 bits per heavy atom. The monoisotopic (exact) mass is 462 g/mol. The molecule has 3 N–H and O–H groups in total. The molecule has 1 saturated carbocycles. The maximum absolute atomic E-state index is 13.4. The summed E-state index contributed by atoms with van der Waals surface area (Å²) >= 11 is 0. The van der Waals surface area contributed by atoms with Crippen LogP contribution < -0.4 is 16.0 Å². The van der Waals surface area contributed by atoms with Gasteiger partial charge in [-0.3, -0.25) is 9.59 Å². The Labute approximate surface area is 189 Å². The van der Waals surface area contributed by atoms with Crippen molar-refractivity contribution in [2.75, 3.05) is 36.1 Å². The number of rotatable bonds is 8. The first-order valence-electron chi connectivity index (χ1n) is 10.8. The maximum Gasteiger partial charge on any atom is 0.421 e. The predicted octanol–water partition coefficient (Wildman–Crippen LogP) is 3.79. The number of halogens is 3. The summed E-state index contributed by atoms with van der Waals surface area (Å²) in [7, 11) is 1.72. The number of aromatic nitrogens is 2. The average Bonchev–Trinajstić information content (AvgIpc) is 3.08. The SMILES string of the molecule is CN(CCCNc1nc(Nc2ccc3c(c2)CC(=O)N3)ncc1C(F)(F)F)C(=O)C1CCC1. The van der Waals surface area contributed by atoms with Crippen LogP contribution in [0.4, 0.5) is 36.3 Å². The minimum Gasteiger partial charge on any atom is -0.369 e. The zero-order chi connectivity index (χ0) is 23.6. The lowest BCUT2D eigenvalue weighted by molar-refractivity contribution is -0.137. The summed E-state index contributed by atoms with van der Waals surface area (Å²) in [5.41, 5.74) is 1.10. The topological polar surface area (TPSA) is 99.2 Å². The number of nitrogens with one attached hydrogen (secondary N) is 3. The van der Waals surface area contributed by atoms with Crippen molar-refractivity contribution in [2.45, 2.75) is 38.3 Å². The minimum atomic E-state index is -4.61. The Hall–Kier alpha value is -3.37. The van der Waals surface area contributed by atoms with Gasteiger partial charge in [0, 0.05) is 43.6 Å². The number of hydrogen-bond acceptors (Lipinski definition) is 6. The maximum atomic E-state index is 13.4. The fourth-order valence-electron chi connectivity index (χ4n) is 3.82. The molecule has 2 aromatic rings. The van der Waals surface area contributed by atoms with Crippen molar-refractivity contribution in [1.29, 1.82) is 0 Å². The van der Waals surface area contributed by atoms with Gasteiger partial charge in [0.15, 0.2) is 0 Å². The molecule has 4 rings (SSSR count). The second kappa shape index (κ2) is 9.24. The Bertz CT molecular complexity index is 1050. The van der Waals surface area contributed by atoms with Crippen molar-refractivity contribution in [3.05, 3.63) is 35.5 Å². The number of carbonyl (C=O) groups is 2. The third-order valence-electron chi connectivity index (χ3n) is 5.87. The van der Waals surface area contributed by atoms with Gasteiger partial charge in [0.2, 0.25) is 17.8 Å². The van der Waals surface area contributed by atoms with Gasteiger partial charge >= 0.3 is 6.18 Å². The molecule has 2 heterocycles. The highest BCUT2D eigenvalue weighted by molar-refractivity contribution is 5.99. The number of benzene rings is 1. The molecule has 1 aliphatic heterocycles. The third kappa shape index (κ3) is 5.35. The molecule has 1 aromatic carbocycles. The van der Waals surface area contributed by atoms with Crippen LogP contribution in [0, 0.1) is 5.92 Å². The quantitative estimate of drug-likeness (QED) is 0.517. The number of nitrogens with zero attached hydrogens (tertiary/aromatic N) is 3. The summed E-state index contributed by atoms with van der Waals surface area (Å²) in [6.07, 6.45) is -0.279. The first kappa shape index (κ1) is 22.8. The second-order valence-corrected chi connectivity index (χ2v) is 8.34. The molecule has 0 spiro atoms. The average molecular weight is 462 g/mol. The van der Waals surface area contributed by atoms with Gasteiger partial charge in [0.25, 0.3) is 0 Å². The Balaban J connectivity index is 1.40. The van der Waals surface area contributed by atoms with Gasteiger partial charge in [-0.05, 0) is 43.0 Å². The predicted molar refractivity (Wildman–Crippen MR) is 117 cm³/mol. The fraction of sp³-hybridized carbons (Fsp3) is 0.455. The molecule has 2 amide bonds. The molecular weight excluding hydrogens is 437 g/mol. The minimum absolute atomic E-state index is 0.0000110. The van der Waals surface area contributed by atoms with Gasteiger partial charge in [0.1, 0.15) is 11.4 Å². The van der Waals surface area contributed by atoms with Crippen LogP contribution in [0.1, 0.15) is 36.8 Å². The molecule has 33 heavy (non-hydrogen) atoms. The summed E-state index contributed by atoms with van der Waals surface area (Å²) in [6, 6.07) is 5.14. The molecule has 1 aromatic heterocycles. The first-order valence-corrected chi connectivity index (χ1v) is 10.8. The van der Waals surface area contributed by atoms with E-state index in [0.29, 0.717) is 24.3 Å². The lowest BCUT2D eigenvalue weighted by atomic mass is 9.84. The number of hydrogen-bond donors (Lipinski definition) is 3. The Morgan fingerprint density at radius 1 is 1.30 bits per heavy atom. The van der Waals surface area contributed by atoms with E-state index in [2.05, 4.69) is 25.9 Å². The van der Waals surface area contributed by atoms with E-state index in [9.17, 15) is 22.8 Å². The molecule has 1 aliphatic carbocycles. The standard InChI is InChI=1S/C22H25F3N6O2/c1-31(20(33)13-4-2-5-13)9-3-8-26-19-16(22(23,24)25)12-27-21(30-19)28-15-6-7-17-14(10-15)11-18(32)29-17/h6-7,10,12-13H,2-5,8-9,11H2,1H3,(H,29,32)(H2,26,27,28,30). The van der Waals surface area contributed by atoms with Crippen molar-refractivity contribution in [2.24, 2.45) is 5.92 Å². The molecule has 0 radical (unpaired) electrons. The van der Waals surface area contributed by atoms with Crippen LogP contribution in [0.15, 0.2) is 24.4 Å². The van der Waals surface area contributed by atoms with E-state index in [0.717, 1.165) is 31.0 Å². The van der Waals surface area contributed by atoms with E-state index < -0.39 is 11.7 Å². The van der Waals surface area contributed by atoms with Gasteiger partial charge in [0.05, 0.1) is 6.42 Å². The molecule has 176 valence electrons. The smallest absolute Gasteiger partial charge is 0.369 e. The Kier molecular flexibility index (Phi) is 6.39. The first-order chi connectivity index (χ1) is 15.7. The molecule has 0 unspecified atom stereocenters. The summed E-state index contributed by atoms with van der Waals surface area (Å²) in [5, 5.41) is 8.36. The van der Waals surface area contributed by atoms with Gasteiger partial charge in [-0.15, -0.1) is 0 Å². The van der Waals surface area contributed by atoms with Crippen LogP contribution >= 0.6 is 0 Å². The van der Waals surface area contributed by atoms with E-state index in [-0.39, 0.29) is 42.5 Å². The van der Waals surface area contributed by atoms with Crippen molar-refractivity contribution in [1.82, 2.24) is 14.9 Å². The summed E-state index contributed by atoms with van der Waals surface area (Å²) in [6.45, 7) is 0.663. The normalized spacial score (nSPS) is 15.5. The van der Waals surface area contributed by atoms with Crippen LogP contribution in [0.3, 0.4) is 0 Å². The highest BCUT2D eigenvalue weighted by Gasteiger charge is 2.35. The zero-order valence-electron chi connectivity index (χ0n) is 18.1. The van der Waals surface area contributed by atoms with Crippen LogP contribution in [-0.4, -0.2) is 46.8 Å². The van der Waals surface area contributed by atoms with Gasteiger partial charge < -0.3 is 20.9 Å². The van der Waals surface area contributed by atoms with Crippen molar-refractivity contribution in [3.8, 4) is 0 Å². The third-order valence-corrected chi connectivity index (χ3v) is 5.87. The van der Waals surface area contributed by atoms with E-state index in [1.54, 1.807) is 30.1 Å². The summed E-state index contributed by atoms with van der Waals surface area (Å²) in [4.78, 5) is 33.2. The molecule has 11 heteroatoms. The van der Waals surface area contributed by atoms with Crippen molar-refractivity contribution < 1.29 is 22.8 Å². The zero-order valence-corrected chi connectivity index (χ0v) is 18.1. The second-order valence-electron chi connectivity index (χ2n) is 8.34. The molecule has 1 fully saturated rings. The number of anilines is 4. The highest BCUT2D eigenvalue weighted by Crippen LogP contribution is 2.34. The van der Waals surface area contributed by atoms with E-state index in [1.165, 1.54) is 0 Å². The lowest BCUT2D eigenvalue weighted by Crippen LogP contribution is -2.37. The molecule has 0 saturated heterocycles. The van der Waals surface area contributed by atoms with Crippen LogP contribution in [0.2, 0.25) is 0 Å². The number of alkyl halides is 3.